The number of carbonyl (C=O) groups is 1. The number of aromatic nitrogens is 3. The molecule has 2 aromatic heterocycles. The van der Waals surface area contributed by atoms with Crippen LogP contribution in [0.2, 0.25) is 0 Å². The molecule has 0 bridgehead atoms. The Bertz CT molecular complexity index is 1300. The van der Waals surface area contributed by atoms with Gasteiger partial charge in [0.25, 0.3) is 0 Å². The van der Waals surface area contributed by atoms with Crippen LogP contribution in [0.4, 0.5) is 10.1 Å². The summed E-state index contributed by atoms with van der Waals surface area (Å²) >= 11 is 0. The third-order valence-electron chi connectivity index (χ3n) is 5.51. The largest absolute Gasteiger partial charge is 0.481 e. The van der Waals surface area contributed by atoms with Gasteiger partial charge in [-0.3, -0.25) is 4.79 Å². The fourth-order valence-corrected chi connectivity index (χ4v) is 3.88. The van der Waals surface area contributed by atoms with Crippen LogP contribution in [0.1, 0.15) is 28.8 Å². The molecule has 0 aliphatic rings. The molecule has 1 N–H and O–H groups in total. The maximum Gasteiger partial charge on any atom is 0.224 e. The highest BCUT2D eigenvalue weighted by atomic mass is 19.1. The van der Waals surface area contributed by atoms with E-state index in [0.717, 1.165) is 33.5 Å². The summed E-state index contributed by atoms with van der Waals surface area (Å²) in [5.74, 6) is 0.0157. The average molecular weight is 432 g/mol. The van der Waals surface area contributed by atoms with Crippen molar-refractivity contribution in [3.05, 3.63) is 76.7 Å². The topological polar surface area (TPSA) is 69.0 Å². The molecule has 0 atom stereocenters. The number of nitrogens with one attached hydrogen (secondary N) is 1. The summed E-state index contributed by atoms with van der Waals surface area (Å²) in [7, 11) is 1.55. The van der Waals surface area contributed by atoms with Crippen molar-refractivity contribution < 1.29 is 13.9 Å². The van der Waals surface area contributed by atoms with Crippen molar-refractivity contribution in [3.63, 3.8) is 0 Å². The molecule has 32 heavy (non-hydrogen) atoms. The monoisotopic (exact) mass is 432 g/mol. The summed E-state index contributed by atoms with van der Waals surface area (Å²) in [6.45, 7) is 5.87. The van der Waals surface area contributed by atoms with Gasteiger partial charge in [-0.05, 0) is 63.1 Å². The van der Waals surface area contributed by atoms with Crippen LogP contribution in [-0.2, 0) is 11.2 Å². The van der Waals surface area contributed by atoms with Gasteiger partial charge in [-0.1, -0.05) is 23.8 Å². The zero-order chi connectivity index (χ0) is 22.8. The van der Waals surface area contributed by atoms with E-state index in [4.69, 9.17) is 4.74 Å². The molecule has 2 aromatic carbocycles. The highest BCUT2D eigenvalue weighted by molar-refractivity contribution is 5.91. The van der Waals surface area contributed by atoms with E-state index < -0.39 is 0 Å². The standard InChI is InChI=1S/C25H25FN4O2/c1-15-8-10-19(11-9-15)27-22(31)13-12-21-16(2)23-17(3)29-30(24(23)28-25(21)32-4)20-7-5-6-18(26)14-20/h5-11,14H,12-13H2,1-4H3,(H,27,31). The molecule has 0 saturated carbocycles. The van der Waals surface area contributed by atoms with E-state index >= 15 is 0 Å². The fourth-order valence-electron chi connectivity index (χ4n) is 3.88. The second-order valence-electron chi connectivity index (χ2n) is 7.81. The van der Waals surface area contributed by atoms with Crippen molar-refractivity contribution in [2.24, 2.45) is 0 Å². The van der Waals surface area contributed by atoms with E-state index in [1.165, 1.54) is 12.1 Å². The lowest BCUT2D eigenvalue weighted by Gasteiger charge is -2.13. The smallest absolute Gasteiger partial charge is 0.224 e. The Morgan fingerprint density at radius 2 is 1.88 bits per heavy atom. The number of benzene rings is 2. The number of amides is 1. The van der Waals surface area contributed by atoms with Crippen LogP contribution >= 0.6 is 0 Å². The van der Waals surface area contributed by atoms with E-state index in [1.807, 2.05) is 45.0 Å². The number of methoxy groups -OCH3 is 1. The molecule has 0 fully saturated rings. The first-order valence-electron chi connectivity index (χ1n) is 10.4. The third kappa shape index (κ3) is 4.19. The molecule has 0 saturated heterocycles. The molecule has 0 spiro atoms. The SMILES string of the molecule is COc1nc2c(c(C)nn2-c2cccc(F)c2)c(C)c1CCC(=O)Nc1ccc(C)cc1. The second-order valence-corrected chi connectivity index (χ2v) is 7.81. The summed E-state index contributed by atoms with van der Waals surface area (Å²) in [5, 5.41) is 8.39. The number of ether oxygens (including phenoxy) is 1. The van der Waals surface area contributed by atoms with Crippen molar-refractivity contribution in [2.45, 2.75) is 33.6 Å². The first-order valence-corrected chi connectivity index (χ1v) is 10.4. The lowest BCUT2D eigenvalue weighted by molar-refractivity contribution is -0.116. The minimum absolute atomic E-state index is 0.0809. The summed E-state index contributed by atoms with van der Waals surface area (Å²) in [6.07, 6.45) is 0.759. The van der Waals surface area contributed by atoms with E-state index in [1.54, 1.807) is 23.9 Å². The number of pyridine rings is 1. The minimum Gasteiger partial charge on any atom is -0.481 e. The average Bonchev–Trinajstić information content (AvgIpc) is 3.11. The van der Waals surface area contributed by atoms with E-state index in [2.05, 4.69) is 15.4 Å². The van der Waals surface area contributed by atoms with Crippen LogP contribution in [0.3, 0.4) is 0 Å². The number of carbonyl (C=O) groups excluding carboxylic acids is 1. The van der Waals surface area contributed by atoms with Crippen LogP contribution in [-0.4, -0.2) is 27.8 Å². The molecule has 0 aliphatic carbocycles. The Morgan fingerprint density at radius 3 is 2.56 bits per heavy atom. The number of aryl methyl sites for hydroxylation is 3. The van der Waals surface area contributed by atoms with Gasteiger partial charge in [0.1, 0.15) is 5.82 Å². The fraction of sp³-hybridized carbons (Fsp3) is 0.240. The molecule has 0 unspecified atom stereocenters. The number of halogens is 1. The predicted molar refractivity (Wildman–Crippen MR) is 123 cm³/mol. The number of nitrogens with zero attached hydrogens (tertiary/aromatic N) is 3. The first-order chi connectivity index (χ1) is 15.4. The highest BCUT2D eigenvalue weighted by Crippen LogP contribution is 2.32. The Kier molecular flexibility index (Phi) is 5.90. The van der Waals surface area contributed by atoms with Gasteiger partial charge in [0.2, 0.25) is 11.8 Å². The van der Waals surface area contributed by atoms with Crippen LogP contribution < -0.4 is 10.1 Å². The normalized spacial score (nSPS) is 11.0. The number of hydrogen-bond acceptors (Lipinski definition) is 4. The minimum atomic E-state index is -0.344. The first kappa shape index (κ1) is 21.5. The molecule has 4 rings (SSSR count). The summed E-state index contributed by atoms with van der Waals surface area (Å²) in [6, 6.07) is 13.9. The molecule has 6 nitrogen and oxygen atoms in total. The van der Waals surface area contributed by atoms with Gasteiger partial charge >= 0.3 is 0 Å². The number of anilines is 1. The van der Waals surface area contributed by atoms with Crippen molar-refractivity contribution >= 4 is 22.6 Å². The van der Waals surface area contributed by atoms with Gasteiger partial charge in [-0.15, -0.1) is 0 Å². The second kappa shape index (κ2) is 8.78. The summed E-state index contributed by atoms with van der Waals surface area (Å²) < 4.78 is 21.0. The van der Waals surface area contributed by atoms with Crippen LogP contribution in [0.25, 0.3) is 16.7 Å². The van der Waals surface area contributed by atoms with Crippen molar-refractivity contribution in [3.8, 4) is 11.6 Å². The summed E-state index contributed by atoms with van der Waals surface area (Å²) in [4.78, 5) is 17.2. The zero-order valence-electron chi connectivity index (χ0n) is 18.6. The lowest BCUT2D eigenvalue weighted by atomic mass is 10.0. The molecule has 164 valence electrons. The molecule has 1 amide bonds. The molecule has 0 aliphatic heterocycles. The van der Waals surface area contributed by atoms with E-state index in [0.29, 0.717) is 23.6 Å². The molecule has 7 heteroatoms. The van der Waals surface area contributed by atoms with Crippen LogP contribution in [0.5, 0.6) is 5.88 Å². The van der Waals surface area contributed by atoms with Gasteiger partial charge in [0.15, 0.2) is 5.65 Å². The van der Waals surface area contributed by atoms with Gasteiger partial charge < -0.3 is 10.1 Å². The molecule has 4 aromatic rings. The van der Waals surface area contributed by atoms with Gasteiger partial charge in [-0.25, -0.2) is 9.07 Å². The quantitative estimate of drug-likeness (QED) is 0.462. The van der Waals surface area contributed by atoms with Gasteiger partial charge in [-0.2, -0.15) is 10.1 Å². The third-order valence-corrected chi connectivity index (χ3v) is 5.51. The number of fused-ring (bicyclic) bond motifs is 1. The molecular weight excluding hydrogens is 407 g/mol. The molecule has 2 heterocycles. The highest BCUT2D eigenvalue weighted by Gasteiger charge is 2.20. The predicted octanol–water partition coefficient (Wildman–Crippen LogP) is 5.06. The Morgan fingerprint density at radius 1 is 1.12 bits per heavy atom. The Labute approximate surface area is 186 Å². The maximum absolute atomic E-state index is 13.8. The van der Waals surface area contributed by atoms with Crippen LogP contribution in [0.15, 0.2) is 48.5 Å². The maximum atomic E-state index is 13.8. The van der Waals surface area contributed by atoms with Crippen LogP contribution in [0, 0.1) is 26.6 Å². The summed E-state index contributed by atoms with van der Waals surface area (Å²) in [5.41, 5.74) is 5.68. The van der Waals surface area contributed by atoms with Crippen molar-refractivity contribution in [1.82, 2.24) is 14.8 Å². The molecular formula is C25H25FN4O2. The zero-order valence-corrected chi connectivity index (χ0v) is 18.6. The van der Waals surface area contributed by atoms with Gasteiger partial charge in [0, 0.05) is 23.1 Å². The number of rotatable bonds is 6. The molecule has 0 radical (unpaired) electrons. The number of hydrogen-bond donors (Lipinski definition) is 1. The van der Waals surface area contributed by atoms with E-state index in [9.17, 15) is 9.18 Å². The van der Waals surface area contributed by atoms with Gasteiger partial charge in [0.05, 0.1) is 18.5 Å². The van der Waals surface area contributed by atoms with Crippen molar-refractivity contribution in [1.29, 1.82) is 0 Å². The lowest BCUT2D eigenvalue weighted by Crippen LogP contribution is -2.13. The Balaban J connectivity index is 1.65. The Hall–Kier alpha value is -3.74. The van der Waals surface area contributed by atoms with E-state index in [-0.39, 0.29) is 18.1 Å². The van der Waals surface area contributed by atoms with Crippen molar-refractivity contribution in [2.75, 3.05) is 12.4 Å².